The number of hydrogen-bond acceptors (Lipinski definition) is 5. The van der Waals surface area contributed by atoms with Crippen LogP contribution in [0.1, 0.15) is 15.9 Å². The SMILES string of the molecule is COc1ccccc1C(=O)Nc1ccccc1Sc1nc(Cl)nn1Cc1ccc(F)cc1. The van der Waals surface area contributed by atoms with Crippen LogP contribution >= 0.6 is 23.4 Å². The predicted molar refractivity (Wildman–Crippen MR) is 122 cm³/mol. The highest BCUT2D eigenvalue weighted by Gasteiger charge is 2.16. The molecule has 0 saturated carbocycles. The average Bonchev–Trinajstić information content (AvgIpc) is 3.15. The van der Waals surface area contributed by atoms with E-state index < -0.39 is 0 Å². The Morgan fingerprint density at radius 2 is 1.81 bits per heavy atom. The first-order valence-electron chi connectivity index (χ1n) is 9.59. The van der Waals surface area contributed by atoms with E-state index in [0.717, 1.165) is 10.5 Å². The number of benzene rings is 3. The number of carbonyl (C=O) groups excluding carboxylic acids is 1. The van der Waals surface area contributed by atoms with Crippen LogP contribution in [-0.2, 0) is 6.54 Å². The van der Waals surface area contributed by atoms with Crippen molar-refractivity contribution in [2.24, 2.45) is 0 Å². The van der Waals surface area contributed by atoms with E-state index in [1.165, 1.54) is 31.0 Å². The van der Waals surface area contributed by atoms with E-state index in [-0.39, 0.29) is 17.0 Å². The number of hydrogen-bond donors (Lipinski definition) is 1. The lowest BCUT2D eigenvalue weighted by Gasteiger charge is -2.12. The van der Waals surface area contributed by atoms with E-state index in [9.17, 15) is 9.18 Å². The van der Waals surface area contributed by atoms with E-state index in [4.69, 9.17) is 16.3 Å². The Morgan fingerprint density at radius 1 is 1.09 bits per heavy atom. The minimum Gasteiger partial charge on any atom is -0.496 e. The molecule has 4 aromatic rings. The van der Waals surface area contributed by atoms with E-state index in [2.05, 4.69) is 15.4 Å². The molecule has 1 N–H and O–H groups in total. The normalized spacial score (nSPS) is 10.7. The molecule has 0 spiro atoms. The Bertz CT molecular complexity index is 1250. The van der Waals surface area contributed by atoms with Crippen LogP contribution < -0.4 is 10.1 Å². The number of aromatic nitrogens is 3. The number of ether oxygens (including phenoxy) is 1. The molecule has 0 radical (unpaired) electrons. The van der Waals surface area contributed by atoms with Crippen LogP contribution in [0.4, 0.5) is 10.1 Å². The molecule has 0 fully saturated rings. The Labute approximate surface area is 193 Å². The number of nitrogens with zero attached hydrogens (tertiary/aromatic N) is 3. The van der Waals surface area contributed by atoms with Gasteiger partial charge in [-0.2, -0.15) is 4.98 Å². The molecule has 6 nitrogen and oxygen atoms in total. The van der Waals surface area contributed by atoms with Crippen LogP contribution in [0.3, 0.4) is 0 Å². The number of carbonyl (C=O) groups is 1. The summed E-state index contributed by atoms with van der Waals surface area (Å²) < 4.78 is 20.1. The minimum atomic E-state index is -0.306. The maximum Gasteiger partial charge on any atom is 0.259 e. The highest BCUT2D eigenvalue weighted by atomic mass is 35.5. The lowest BCUT2D eigenvalue weighted by Crippen LogP contribution is -2.13. The molecule has 0 aliphatic heterocycles. The van der Waals surface area contributed by atoms with Crippen molar-refractivity contribution in [2.75, 3.05) is 12.4 Å². The molecule has 0 bridgehead atoms. The Kier molecular flexibility index (Phi) is 6.72. The molecular formula is C23H18ClFN4O2S. The summed E-state index contributed by atoms with van der Waals surface area (Å²) in [5, 5.41) is 7.81. The van der Waals surface area contributed by atoms with E-state index in [0.29, 0.717) is 28.7 Å². The Hall–Kier alpha value is -3.36. The third-order valence-electron chi connectivity index (χ3n) is 4.55. The van der Waals surface area contributed by atoms with Gasteiger partial charge in [-0.1, -0.05) is 36.4 Å². The summed E-state index contributed by atoms with van der Waals surface area (Å²) in [5.41, 5.74) is 1.89. The van der Waals surface area contributed by atoms with Crippen molar-refractivity contribution in [1.29, 1.82) is 0 Å². The predicted octanol–water partition coefficient (Wildman–Crippen LogP) is 5.53. The molecular weight excluding hydrogens is 451 g/mol. The number of amides is 1. The fourth-order valence-corrected chi connectivity index (χ4v) is 4.16. The quantitative estimate of drug-likeness (QED) is 0.386. The van der Waals surface area contributed by atoms with Crippen LogP contribution in [0.2, 0.25) is 5.28 Å². The number of nitrogens with one attached hydrogen (secondary N) is 1. The van der Waals surface area contributed by atoms with Crippen molar-refractivity contribution < 1.29 is 13.9 Å². The van der Waals surface area contributed by atoms with Crippen LogP contribution in [0.5, 0.6) is 5.75 Å². The first kappa shape index (κ1) is 21.9. The van der Waals surface area contributed by atoms with Gasteiger partial charge in [0.2, 0.25) is 5.28 Å². The minimum absolute atomic E-state index is 0.102. The highest BCUT2D eigenvalue weighted by molar-refractivity contribution is 7.99. The van der Waals surface area contributed by atoms with Gasteiger partial charge in [0.1, 0.15) is 11.6 Å². The molecule has 0 unspecified atom stereocenters. The van der Waals surface area contributed by atoms with Gasteiger partial charge >= 0.3 is 0 Å². The van der Waals surface area contributed by atoms with E-state index in [1.807, 2.05) is 18.2 Å². The first-order valence-corrected chi connectivity index (χ1v) is 10.8. The third-order valence-corrected chi connectivity index (χ3v) is 5.77. The van der Waals surface area contributed by atoms with Gasteiger partial charge in [0.15, 0.2) is 5.16 Å². The van der Waals surface area contributed by atoms with Crippen LogP contribution in [-0.4, -0.2) is 27.8 Å². The van der Waals surface area contributed by atoms with Gasteiger partial charge in [0.25, 0.3) is 5.91 Å². The summed E-state index contributed by atoms with van der Waals surface area (Å²) in [4.78, 5) is 17.9. The fourth-order valence-electron chi connectivity index (χ4n) is 3.02. The monoisotopic (exact) mass is 468 g/mol. The maximum absolute atomic E-state index is 13.2. The second-order valence-corrected chi connectivity index (χ2v) is 8.05. The summed E-state index contributed by atoms with van der Waals surface area (Å²) in [7, 11) is 1.52. The molecule has 32 heavy (non-hydrogen) atoms. The first-order chi connectivity index (χ1) is 15.5. The average molecular weight is 469 g/mol. The van der Waals surface area contributed by atoms with E-state index in [1.54, 1.807) is 47.1 Å². The lowest BCUT2D eigenvalue weighted by atomic mass is 10.2. The van der Waals surface area contributed by atoms with Crippen molar-refractivity contribution in [1.82, 2.24) is 14.8 Å². The van der Waals surface area contributed by atoms with Crippen molar-refractivity contribution in [3.05, 3.63) is 95.0 Å². The largest absolute Gasteiger partial charge is 0.496 e. The molecule has 3 aromatic carbocycles. The number of methoxy groups -OCH3 is 1. The number of halogens is 2. The van der Waals surface area contributed by atoms with E-state index >= 15 is 0 Å². The summed E-state index contributed by atoms with van der Waals surface area (Å²) in [6.45, 7) is 0.373. The molecule has 9 heteroatoms. The van der Waals surface area contributed by atoms with Gasteiger partial charge < -0.3 is 10.1 Å². The summed E-state index contributed by atoms with van der Waals surface area (Å²) in [6, 6.07) is 20.5. The van der Waals surface area contributed by atoms with Gasteiger partial charge in [-0.05, 0) is 65.3 Å². The van der Waals surface area contributed by atoms with Gasteiger partial charge in [-0.3, -0.25) is 4.79 Å². The number of rotatable bonds is 7. The third kappa shape index (κ3) is 5.09. The van der Waals surface area contributed by atoms with Crippen molar-refractivity contribution in [3.8, 4) is 5.75 Å². The van der Waals surface area contributed by atoms with Gasteiger partial charge in [0.05, 0.1) is 24.9 Å². The lowest BCUT2D eigenvalue weighted by molar-refractivity contribution is 0.102. The standard InChI is InChI=1S/C23H18ClFN4O2S/c1-31-19-8-4-2-6-17(19)21(30)26-18-7-3-5-9-20(18)32-23-27-22(24)28-29(23)14-15-10-12-16(25)13-11-15/h2-13H,14H2,1H3,(H,26,30). The molecule has 4 rings (SSSR count). The molecule has 162 valence electrons. The Morgan fingerprint density at radius 3 is 2.59 bits per heavy atom. The summed E-state index contributed by atoms with van der Waals surface area (Å²) >= 11 is 7.38. The van der Waals surface area contributed by atoms with Gasteiger partial charge in [-0.25, -0.2) is 9.07 Å². The topological polar surface area (TPSA) is 69.0 Å². The fraction of sp³-hybridized carbons (Fsp3) is 0.0870. The van der Waals surface area contributed by atoms with Crippen LogP contribution in [0.15, 0.2) is 82.8 Å². The molecule has 1 heterocycles. The molecule has 0 aliphatic carbocycles. The zero-order chi connectivity index (χ0) is 22.5. The van der Waals surface area contributed by atoms with Crippen LogP contribution in [0, 0.1) is 5.82 Å². The van der Waals surface area contributed by atoms with Gasteiger partial charge in [-0.15, -0.1) is 5.10 Å². The highest BCUT2D eigenvalue weighted by Crippen LogP contribution is 2.34. The Balaban J connectivity index is 1.57. The molecule has 0 saturated heterocycles. The number of para-hydroxylation sites is 2. The van der Waals surface area contributed by atoms with Crippen molar-refractivity contribution in [2.45, 2.75) is 16.6 Å². The number of anilines is 1. The molecule has 0 atom stereocenters. The second kappa shape index (κ2) is 9.84. The smallest absolute Gasteiger partial charge is 0.259 e. The van der Waals surface area contributed by atoms with Crippen molar-refractivity contribution in [3.63, 3.8) is 0 Å². The molecule has 0 aliphatic rings. The summed E-state index contributed by atoms with van der Waals surface area (Å²) in [6.07, 6.45) is 0. The van der Waals surface area contributed by atoms with Gasteiger partial charge in [0, 0.05) is 4.90 Å². The molecule has 1 aromatic heterocycles. The maximum atomic E-state index is 13.2. The molecule has 1 amide bonds. The van der Waals surface area contributed by atoms with Crippen LogP contribution in [0.25, 0.3) is 0 Å². The zero-order valence-electron chi connectivity index (χ0n) is 17.0. The second-order valence-electron chi connectivity index (χ2n) is 6.70. The van der Waals surface area contributed by atoms with Crippen molar-refractivity contribution >= 4 is 35.0 Å². The zero-order valence-corrected chi connectivity index (χ0v) is 18.5. The summed E-state index contributed by atoms with van der Waals surface area (Å²) in [5.74, 6) is -0.109.